The maximum absolute atomic E-state index is 13.1. The molecule has 1 saturated heterocycles. The van der Waals surface area contributed by atoms with E-state index in [1.165, 1.54) is 12.0 Å². The Morgan fingerprint density at radius 3 is 2.53 bits per heavy atom. The summed E-state index contributed by atoms with van der Waals surface area (Å²) in [7, 11) is 1.78. The summed E-state index contributed by atoms with van der Waals surface area (Å²) in [6, 6.07) is 10.2. The fraction of sp³-hybridized carbons (Fsp3) is 0.391. The van der Waals surface area contributed by atoms with Gasteiger partial charge in [-0.25, -0.2) is 0 Å². The number of likely N-dealkylation sites (tertiary alicyclic amines) is 1. The van der Waals surface area contributed by atoms with Crippen molar-refractivity contribution in [1.29, 1.82) is 0 Å². The van der Waals surface area contributed by atoms with Crippen LogP contribution in [0.1, 0.15) is 46.7 Å². The third-order valence-electron chi connectivity index (χ3n) is 5.83. The van der Waals surface area contributed by atoms with E-state index in [0.717, 1.165) is 43.0 Å². The third kappa shape index (κ3) is 4.67. The Morgan fingerprint density at radius 1 is 1.09 bits per heavy atom. The number of aromatic nitrogens is 4. The molecule has 3 heterocycles. The molecule has 1 aliphatic rings. The number of nitrogens with one attached hydrogen (secondary N) is 2. The van der Waals surface area contributed by atoms with Crippen molar-refractivity contribution >= 4 is 34.6 Å². The zero-order valence-electron chi connectivity index (χ0n) is 18.8. The van der Waals surface area contributed by atoms with Crippen molar-refractivity contribution in [2.45, 2.75) is 39.7 Å². The average molecular weight is 452 g/mol. The van der Waals surface area contributed by atoms with E-state index < -0.39 is 0 Å². The minimum absolute atomic E-state index is 0.0157. The first-order chi connectivity index (χ1) is 15.4. The van der Waals surface area contributed by atoms with Crippen molar-refractivity contribution < 1.29 is 4.79 Å². The Balaban J connectivity index is 1.47. The summed E-state index contributed by atoms with van der Waals surface area (Å²) in [5, 5.41) is 15.8. The highest BCUT2D eigenvalue weighted by molar-refractivity contribution is 7.80. The van der Waals surface area contributed by atoms with E-state index in [2.05, 4.69) is 33.0 Å². The number of carbonyl (C=O) groups is 1. The molecule has 4 rings (SSSR count). The highest BCUT2D eigenvalue weighted by Gasteiger charge is 2.25. The monoisotopic (exact) mass is 451 g/mol. The number of anilines is 2. The number of rotatable bonds is 5. The largest absolute Gasteiger partial charge is 0.337 e. The molecule has 1 fully saturated rings. The number of nitrogens with zero attached hydrogens (tertiary/aromatic N) is 5. The zero-order chi connectivity index (χ0) is 22.7. The summed E-state index contributed by atoms with van der Waals surface area (Å²) in [6.45, 7) is 6.22. The van der Waals surface area contributed by atoms with Crippen LogP contribution in [0.2, 0.25) is 0 Å². The number of piperidine rings is 1. The van der Waals surface area contributed by atoms with E-state index in [9.17, 15) is 4.79 Å². The van der Waals surface area contributed by atoms with E-state index in [4.69, 9.17) is 12.2 Å². The summed E-state index contributed by atoms with van der Waals surface area (Å²) in [4.78, 5) is 15.0. The number of amides is 1. The number of aryl methyl sites for hydroxylation is 2. The SMILES string of the molecule is Cc1nn(Cc2ccccc2)c(C)c1NC(=S)Nc1cnn(C)c1C(=O)N1CCCCC1. The molecule has 2 aromatic heterocycles. The van der Waals surface area contributed by atoms with Crippen molar-refractivity contribution in [3.8, 4) is 0 Å². The molecule has 0 saturated carbocycles. The van der Waals surface area contributed by atoms with Crippen molar-refractivity contribution in [3.05, 3.63) is 59.2 Å². The molecule has 0 aliphatic carbocycles. The molecule has 0 unspecified atom stereocenters. The molecular weight excluding hydrogens is 422 g/mol. The lowest BCUT2D eigenvalue weighted by atomic mass is 10.1. The molecule has 0 atom stereocenters. The van der Waals surface area contributed by atoms with Crippen LogP contribution >= 0.6 is 12.2 Å². The van der Waals surface area contributed by atoms with Gasteiger partial charge in [-0.1, -0.05) is 30.3 Å². The van der Waals surface area contributed by atoms with Gasteiger partial charge in [-0.3, -0.25) is 14.2 Å². The molecule has 0 radical (unpaired) electrons. The van der Waals surface area contributed by atoms with E-state index in [0.29, 0.717) is 23.0 Å². The van der Waals surface area contributed by atoms with Crippen LogP contribution in [0, 0.1) is 13.8 Å². The van der Waals surface area contributed by atoms with Crippen LogP contribution in [0.4, 0.5) is 11.4 Å². The molecule has 0 spiro atoms. The number of carbonyl (C=O) groups excluding carboxylic acids is 1. The maximum atomic E-state index is 13.1. The van der Waals surface area contributed by atoms with Crippen LogP contribution in [-0.4, -0.2) is 48.6 Å². The molecule has 1 amide bonds. The van der Waals surface area contributed by atoms with Gasteiger partial charge in [0.05, 0.1) is 35.5 Å². The van der Waals surface area contributed by atoms with Gasteiger partial charge in [0, 0.05) is 20.1 Å². The normalized spacial score (nSPS) is 13.8. The Kier molecular flexibility index (Phi) is 6.55. The van der Waals surface area contributed by atoms with Gasteiger partial charge in [0.2, 0.25) is 0 Å². The molecule has 3 aromatic rings. The second-order valence-electron chi connectivity index (χ2n) is 8.15. The van der Waals surface area contributed by atoms with Crippen LogP contribution in [0.5, 0.6) is 0 Å². The van der Waals surface area contributed by atoms with Crippen LogP contribution in [0.3, 0.4) is 0 Å². The number of hydrogen-bond donors (Lipinski definition) is 2. The van der Waals surface area contributed by atoms with E-state index in [1.807, 2.05) is 41.6 Å². The molecule has 168 valence electrons. The quantitative estimate of drug-likeness (QED) is 0.576. The fourth-order valence-electron chi connectivity index (χ4n) is 4.08. The van der Waals surface area contributed by atoms with E-state index in [-0.39, 0.29) is 5.91 Å². The second kappa shape index (κ2) is 9.52. The predicted molar refractivity (Wildman–Crippen MR) is 130 cm³/mol. The number of benzene rings is 1. The van der Waals surface area contributed by atoms with Crippen LogP contribution in [-0.2, 0) is 13.6 Å². The van der Waals surface area contributed by atoms with Crippen molar-refractivity contribution in [2.24, 2.45) is 7.05 Å². The molecule has 1 aromatic carbocycles. The van der Waals surface area contributed by atoms with Crippen LogP contribution < -0.4 is 10.6 Å². The van der Waals surface area contributed by atoms with Crippen LogP contribution in [0.15, 0.2) is 36.5 Å². The van der Waals surface area contributed by atoms with Gasteiger partial charge in [-0.15, -0.1) is 0 Å². The Labute approximate surface area is 193 Å². The standard InChI is InChI=1S/C23H29N7OS/c1-16-20(17(2)30(27-16)15-18-10-6-4-7-11-18)26-23(32)25-19-14-24-28(3)21(19)22(31)29-12-8-5-9-13-29/h4,6-7,10-11,14H,5,8-9,12-13,15H2,1-3H3,(H2,25,26,32). The minimum Gasteiger partial charge on any atom is -0.337 e. The highest BCUT2D eigenvalue weighted by atomic mass is 32.1. The number of hydrogen-bond acceptors (Lipinski definition) is 4. The second-order valence-corrected chi connectivity index (χ2v) is 8.56. The predicted octanol–water partition coefficient (Wildman–Crippen LogP) is 3.72. The maximum Gasteiger partial charge on any atom is 0.274 e. The first-order valence-electron chi connectivity index (χ1n) is 10.9. The Bertz CT molecular complexity index is 1110. The fourth-order valence-corrected chi connectivity index (χ4v) is 4.30. The first kappa shape index (κ1) is 22.0. The molecule has 1 aliphatic heterocycles. The van der Waals surface area contributed by atoms with E-state index in [1.54, 1.807) is 17.9 Å². The highest BCUT2D eigenvalue weighted by Crippen LogP contribution is 2.23. The van der Waals surface area contributed by atoms with Crippen molar-refractivity contribution in [1.82, 2.24) is 24.5 Å². The van der Waals surface area contributed by atoms with Gasteiger partial charge >= 0.3 is 0 Å². The molecule has 8 nitrogen and oxygen atoms in total. The first-order valence-corrected chi connectivity index (χ1v) is 11.3. The lowest BCUT2D eigenvalue weighted by Gasteiger charge is -2.27. The summed E-state index contributed by atoms with van der Waals surface area (Å²) in [5.41, 5.74) is 5.02. The molecule has 0 bridgehead atoms. The molecule has 2 N–H and O–H groups in total. The van der Waals surface area contributed by atoms with Gasteiger partial charge < -0.3 is 15.5 Å². The van der Waals surface area contributed by atoms with Crippen LogP contribution in [0.25, 0.3) is 0 Å². The lowest BCUT2D eigenvalue weighted by Crippen LogP contribution is -2.37. The summed E-state index contributed by atoms with van der Waals surface area (Å²) in [6.07, 6.45) is 4.89. The summed E-state index contributed by atoms with van der Waals surface area (Å²) < 4.78 is 3.57. The van der Waals surface area contributed by atoms with Gasteiger partial charge in [0.1, 0.15) is 5.69 Å². The lowest BCUT2D eigenvalue weighted by molar-refractivity contribution is 0.0714. The Morgan fingerprint density at radius 2 is 1.81 bits per heavy atom. The van der Waals surface area contributed by atoms with Crippen molar-refractivity contribution in [2.75, 3.05) is 23.7 Å². The number of thiocarbonyl (C=S) groups is 1. The minimum atomic E-state index is -0.0157. The molecule has 9 heteroatoms. The smallest absolute Gasteiger partial charge is 0.274 e. The molecule has 32 heavy (non-hydrogen) atoms. The molecular formula is C23H29N7OS. The van der Waals surface area contributed by atoms with Gasteiger partial charge in [0.15, 0.2) is 5.11 Å². The van der Waals surface area contributed by atoms with Gasteiger partial charge in [-0.2, -0.15) is 10.2 Å². The van der Waals surface area contributed by atoms with E-state index >= 15 is 0 Å². The topological polar surface area (TPSA) is 80.0 Å². The van der Waals surface area contributed by atoms with Crippen molar-refractivity contribution in [3.63, 3.8) is 0 Å². The van der Waals surface area contributed by atoms with Gasteiger partial charge in [-0.05, 0) is 50.9 Å². The third-order valence-corrected chi connectivity index (χ3v) is 6.03. The summed E-state index contributed by atoms with van der Waals surface area (Å²) in [5.74, 6) is -0.0157. The zero-order valence-corrected chi connectivity index (χ0v) is 19.6. The average Bonchev–Trinajstić information content (AvgIpc) is 3.28. The van der Waals surface area contributed by atoms with Gasteiger partial charge in [0.25, 0.3) is 5.91 Å². The summed E-state index contributed by atoms with van der Waals surface area (Å²) >= 11 is 5.57. The Hall–Kier alpha value is -3.20.